The third kappa shape index (κ3) is 3.42. The van der Waals surface area contributed by atoms with Gasteiger partial charge in [0.2, 0.25) is 11.9 Å². The van der Waals surface area contributed by atoms with Gasteiger partial charge in [-0.05, 0) is 30.0 Å². The summed E-state index contributed by atoms with van der Waals surface area (Å²) in [5.41, 5.74) is 7.74. The summed E-state index contributed by atoms with van der Waals surface area (Å²) >= 11 is 7.09. The van der Waals surface area contributed by atoms with Crippen LogP contribution in [-0.2, 0) is 11.2 Å². The van der Waals surface area contributed by atoms with Gasteiger partial charge in [0.25, 0.3) is 0 Å². The van der Waals surface area contributed by atoms with Crippen LogP contribution in [0.15, 0.2) is 35.4 Å². The van der Waals surface area contributed by atoms with E-state index in [2.05, 4.69) is 4.98 Å². The number of benzene rings is 1. The summed E-state index contributed by atoms with van der Waals surface area (Å²) in [5, 5.41) is -0.149. The second kappa shape index (κ2) is 7.11. The van der Waals surface area contributed by atoms with Gasteiger partial charge in [0, 0.05) is 0 Å². The molecule has 2 rings (SSSR count). The number of primary amides is 1. The van der Waals surface area contributed by atoms with Crippen molar-refractivity contribution in [2.45, 2.75) is 30.5 Å². The topological polar surface area (TPSA) is 56.0 Å². The number of pyridine rings is 1. The van der Waals surface area contributed by atoms with Gasteiger partial charge in [0.15, 0.2) is 0 Å². The van der Waals surface area contributed by atoms with E-state index in [1.165, 1.54) is 0 Å². The minimum Gasteiger partial charge on any atom is -0.368 e. The number of nitrogens with two attached hydrogens (primary N) is 1. The lowest BCUT2D eigenvalue weighted by Gasteiger charge is -2.16. The van der Waals surface area contributed by atoms with Crippen LogP contribution in [0.2, 0.25) is 5.02 Å². The second-order valence-corrected chi connectivity index (χ2v) is 6.26. The zero-order valence-electron chi connectivity index (χ0n) is 12.3. The third-order valence-corrected chi connectivity index (χ3v) is 5.11. The molecule has 0 fully saturated rings. The van der Waals surface area contributed by atoms with Crippen LogP contribution in [0, 0.1) is 12.9 Å². The van der Waals surface area contributed by atoms with Crippen molar-refractivity contribution >= 4 is 29.3 Å². The first kappa shape index (κ1) is 16.8. The summed E-state index contributed by atoms with van der Waals surface area (Å²) in [6, 6.07) is 9.13. The maximum absolute atomic E-state index is 13.9. The number of carbonyl (C=O) groups is 1. The van der Waals surface area contributed by atoms with Crippen LogP contribution >= 0.6 is 23.4 Å². The van der Waals surface area contributed by atoms with Crippen molar-refractivity contribution in [2.24, 2.45) is 5.73 Å². The number of carbonyl (C=O) groups excluding carboxylic acids is 1. The van der Waals surface area contributed by atoms with Gasteiger partial charge in [-0.2, -0.15) is 4.39 Å². The molecule has 2 N–H and O–H groups in total. The summed E-state index contributed by atoms with van der Waals surface area (Å²) in [5.74, 6) is -1.21. The number of hydrogen-bond donors (Lipinski definition) is 1. The molecule has 1 atom stereocenters. The van der Waals surface area contributed by atoms with Gasteiger partial charge >= 0.3 is 0 Å². The first-order valence-electron chi connectivity index (χ1n) is 6.81. The number of rotatable bonds is 5. The van der Waals surface area contributed by atoms with E-state index in [4.69, 9.17) is 17.3 Å². The van der Waals surface area contributed by atoms with Crippen molar-refractivity contribution in [1.82, 2.24) is 4.98 Å². The fourth-order valence-corrected chi connectivity index (χ4v) is 3.59. The molecule has 1 heterocycles. The molecule has 6 heteroatoms. The van der Waals surface area contributed by atoms with Crippen LogP contribution in [-0.4, -0.2) is 10.9 Å². The summed E-state index contributed by atoms with van der Waals surface area (Å²) < 4.78 is 13.9. The van der Waals surface area contributed by atoms with Gasteiger partial charge < -0.3 is 5.73 Å². The van der Waals surface area contributed by atoms with Gasteiger partial charge in [-0.25, -0.2) is 4.98 Å². The predicted octanol–water partition coefficient (Wildman–Crippen LogP) is 4.06. The van der Waals surface area contributed by atoms with E-state index in [-0.39, 0.29) is 5.02 Å². The van der Waals surface area contributed by atoms with E-state index in [1.54, 1.807) is 0 Å². The third-order valence-electron chi connectivity index (χ3n) is 3.36. The van der Waals surface area contributed by atoms with Crippen molar-refractivity contribution in [3.05, 3.63) is 58.0 Å². The molecule has 0 aliphatic carbocycles. The molecule has 1 amide bonds. The molecule has 0 spiro atoms. The normalized spacial score (nSPS) is 12.2. The molecule has 0 saturated heterocycles. The molecule has 0 bridgehead atoms. The van der Waals surface area contributed by atoms with E-state index < -0.39 is 17.1 Å². The highest BCUT2D eigenvalue weighted by atomic mass is 35.5. The lowest BCUT2D eigenvalue weighted by atomic mass is 10.1. The molecule has 0 saturated carbocycles. The maximum Gasteiger partial charge on any atom is 0.235 e. The summed E-state index contributed by atoms with van der Waals surface area (Å²) in [7, 11) is 0. The number of halogens is 2. The van der Waals surface area contributed by atoms with E-state index in [9.17, 15) is 9.18 Å². The minimum absolute atomic E-state index is 0.0414. The Labute approximate surface area is 138 Å². The molecular formula is C16H16ClFN2OS. The summed E-state index contributed by atoms with van der Waals surface area (Å²) in [4.78, 5) is 15.7. The standard InChI is InChI=1S/C16H16ClFN2OS/c1-3-11-9(2)16(20-14(18)12(11)17)22-13(15(19)21)10-7-5-4-6-8-10/h4-8,13H,3H2,1-2H3,(H2,19,21). The van der Waals surface area contributed by atoms with Crippen LogP contribution in [0.3, 0.4) is 0 Å². The fraction of sp³-hybridized carbons (Fsp3) is 0.250. The monoisotopic (exact) mass is 338 g/mol. The Bertz CT molecular complexity index is 694. The number of aromatic nitrogens is 1. The molecule has 3 nitrogen and oxygen atoms in total. The SMILES string of the molecule is CCc1c(C)c(SC(C(N)=O)c2ccccc2)nc(F)c1Cl. The zero-order valence-corrected chi connectivity index (χ0v) is 13.8. The Balaban J connectivity index is 2.44. The van der Waals surface area contributed by atoms with Crippen LogP contribution in [0.25, 0.3) is 0 Å². The largest absolute Gasteiger partial charge is 0.368 e. The molecule has 1 unspecified atom stereocenters. The van der Waals surface area contributed by atoms with Crippen LogP contribution < -0.4 is 5.73 Å². The number of nitrogens with zero attached hydrogens (tertiary/aromatic N) is 1. The molecule has 0 aliphatic rings. The number of thioether (sulfide) groups is 1. The van der Waals surface area contributed by atoms with E-state index >= 15 is 0 Å². The number of amides is 1. The van der Waals surface area contributed by atoms with Gasteiger partial charge in [-0.15, -0.1) is 0 Å². The Kier molecular flexibility index (Phi) is 5.42. The molecule has 0 aliphatic heterocycles. The summed E-state index contributed by atoms with van der Waals surface area (Å²) in [6.07, 6.45) is 0.588. The fourth-order valence-electron chi connectivity index (χ4n) is 2.21. The van der Waals surface area contributed by atoms with Crippen molar-refractivity contribution in [1.29, 1.82) is 0 Å². The average Bonchev–Trinajstić information content (AvgIpc) is 2.50. The van der Waals surface area contributed by atoms with Crippen LogP contribution in [0.4, 0.5) is 4.39 Å². The molecule has 1 aromatic carbocycles. The highest BCUT2D eigenvalue weighted by molar-refractivity contribution is 8.00. The van der Waals surface area contributed by atoms with Gasteiger partial charge in [0.1, 0.15) is 10.3 Å². The molecule has 0 radical (unpaired) electrons. The van der Waals surface area contributed by atoms with Gasteiger partial charge in [-0.1, -0.05) is 60.6 Å². The summed E-state index contributed by atoms with van der Waals surface area (Å²) in [6.45, 7) is 3.72. The average molecular weight is 339 g/mol. The highest BCUT2D eigenvalue weighted by Crippen LogP contribution is 2.38. The van der Waals surface area contributed by atoms with E-state index in [0.29, 0.717) is 17.0 Å². The smallest absolute Gasteiger partial charge is 0.235 e. The van der Waals surface area contributed by atoms with Crippen LogP contribution in [0.1, 0.15) is 28.9 Å². The molecule has 22 heavy (non-hydrogen) atoms. The Morgan fingerprint density at radius 3 is 2.59 bits per heavy atom. The van der Waals surface area contributed by atoms with E-state index in [1.807, 2.05) is 44.2 Å². The Morgan fingerprint density at radius 2 is 2.05 bits per heavy atom. The Hall–Kier alpha value is -1.59. The quantitative estimate of drug-likeness (QED) is 0.660. The molecule has 116 valence electrons. The van der Waals surface area contributed by atoms with Gasteiger partial charge in [0.05, 0.1) is 5.02 Å². The molecular weight excluding hydrogens is 323 g/mol. The minimum atomic E-state index is -0.720. The lowest BCUT2D eigenvalue weighted by molar-refractivity contribution is -0.117. The highest BCUT2D eigenvalue weighted by Gasteiger charge is 2.23. The van der Waals surface area contributed by atoms with Crippen molar-refractivity contribution < 1.29 is 9.18 Å². The number of hydrogen-bond acceptors (Lipinski definition) is 3. The van der Waals surface area contributed by atoms with E-state index in [0.717, 1.165) is 22.9 Å². The van der Waals surface area contributed by atoms with Crippen molar-refractivity contribution in [3.63, 3.8) is 0 Å². The molecule has 1 aromatic heterocycles. The first-order chi connectivity index (χ1) is 10.5. The Morgan fingerprint density at radius 1 is 1.41 bits per heavy atom. The van der Waals surface area contributed by atoms with Crippen molar-refractivity contribution in [2.75, 3.05) is 0 Å². The maximum atomic E-state index is 13.9. The second-order valence-electron chi connectivity index (χ2n) is 4.79. The molecule has 2 aromatic rings. The zero-order chi connectivity index (χ0) is 16.3. The van der Waals surface area contributed by atoms with Gasteiger partial charge in [-0.3, -0.25) is 4.79 Å². The van der Waals surface area contributed by atoms with Crippen LogP contribution in [0.5, 0.6) is 0 Å². The van der Waals surface area contributed by atoms with Crippen molar-refractivity contribution in [3.8, 4) is 0 Å². The predicted molar refractivity (Wildman–Crippen MR) is 87.6 cm³/mol. The first-order valence-corrected chi connectivity index (χ1v) is 8.06. The lowest BCUT2D eigenvalue weighted by Crippen LogP contribution is -2.19.